The van der Waals surface area contributed by atoms with Crippen molar-refractivity contribution in [2.45, 2.75) is 38.1 Å². The number of carboxylic acids is 1. The van der Waals surface area contributed by atoms with Crippen LogP contribution in [0.2, 0.25) is 5.02 Å². The second kappa shape index (κ2) is 8.00. The van der Waals surface area contributed by atoms with Gasteiger partial charge in [0.15, 0.2) is 11.5 Å². The summed E-state index contributed by atoms with van der Waals surface area (Å²) in [4.78, 5) is 12.0. The smallest absolute Gasteiger partial charge is 0.309 e. The van der Waals surface area contributed by atoms with Gasteiger partial charge in [0, 0.05) is 16.5 Å². The van der Waals surface area contributed by atoms with Crippen molar-refractivity contribution in [1.82, 2.24) is 0 Å². The van der Waals surface area contributed by atoms with Gasteiger partial charge in [-0.2, -0.15) is 0 Å². The zero-order valence-corrected chi connectivity index (χ0v) is 17.9. The number of hydrogen-bond acceptors (Lipinski definition) is 5. The van der Waals surface area contributed by atoms with Gasteiger partial charge in [-0.1, -0.05) is 23.7 Å². The Kier molecular flexibility index (Phi) is 5.55. The van der Waals surface area contributed by atoms with E-state index in [9.17, 15) is 9.90 Å². The molecule has 2 aliphatic rings. The van der Waals surface area contributed by atoms with Crippen molar-refractivity contribution < 1.29 is 28.8 Å². The van der Waals surface area contributed by atoms with Crippen LogP contribution >= 0.6 is 11.6 Å². The topological polar surface area (TPSA) is 74.2 Å². The molecule has 0 saturated carbocycles. The quantitative estimate of drug-likeness (QED) is 0.735. The molecule has 0 radical (unpaired) electrons. The normalized spacial score (nSPS) is 26.7. The van der Waals surface area contributed by atoms with Crippen LogP contribution < -0.4 is 14.2 Å². The molecule has 7 heteroatoms. The van der Waals surface area contributed by atoms with E-state index in [1.165, 1.54) is 0 Å². The van der Waals surface area contributed by atoms with Crippen LogP contribution in [0.5, 0.6) is 17.2 Å². The number of para-hydroxylation sites is 1. The molecule has 2 aromatic carbocycles. The summed E-state index contributed by atoms with van der Waals surface area (Å²) in [5, 5.41) is 10.5. The first kappa shape index (κ1) is 20.8. The Labute approximate surface area is 180 Å². The molecule has 4 atom stereocenters. The maximum atomic E-state index is 12.0. The molecule has 1 saturated heterocycles. The van der Waals surface area contributed by atoms with Gasteiger partial charge in [-0.25, -0.2) is 0 Å². The van der Waals surface area contributed by atoms with Crippen LogP contribution in [0.15, 0.2) is 42.5 Å². The number of fused-ring (bicyclic) bond motifs is 3. The summed E-state index contributed by atoms with van der Waals surface area (Å²) in [5.74, 6) is 0.182. The van der Waals surface area contributed by atoms with Crippen LogP contribution in [0.4, 0.5) is 0 Å². The third-order valence-electron chi connectivity index (χ3n) is 5.98. The Balaban J connectivity index is 1.63. The second-order valence-electron chi connectivity index (χ2n) is 8.23. The van der Waals surface area contributed by atoms with E-state index in [4.69, 9.17) is 30.5 Å². The van der Waals surface area contributed by atoms with Gasteiger partial charge in [0.1, 0.15) is 24.1 Å². The molecule has 0 aliphatic carbocycles. The number of methoxy groups -OCH3 is 1. The number of rotatable bonds is 5. The van der Waals surface area contributed by atoms with E-state index >= 15 is 0 Å². The van der Waals surface area contributed by atoms with Crippen molar-refractivity contribution in [3.05, 3.63) is 53.1 Å². The van der Waals surface area contributed by atoms with Gasteiger partial charge < -0.3 is 24.1 Å². The van der Waals surface area contributed by atoms with E-state index in [0.717, 1.165) is 5.56 Å². The minimum Gasteiger partial charge on any atom is -0.493 e. The molecule has 1 N–H and O–H groups in total. The van der Waals surface area contributed by atoms with E-state index in [1.54, 1.807) is 31.4 Å². The Morgan fingerprint density at radius 2 is 1.97 bits per heavy atom. The summed E-state index contributed by atoms with van der Waals surface area (Å²) < 4.78 is 24.0. The van der Waals surface area contributed by atoms with Gasteiger partial charge in [0.25, 0.3) is 0 Å². The van der Waals surface area contributed by atoms with Crippen LogP contribution in [0.1, 0.15) is 31.9 Å². The number of carboxylic acid groups (broad SMARTS) is 1. The Hall–Kier alpha value is -2.44. The van der Waals surface area contributed by atoms with E-state index in [-0.39, 0.29) is 18.6 Å². The van der Waals surface area contributed by atoms with Crippen molar-refractivity contribution >= 4 is 17.6 Å². The molecule has 4 rings (SSSR count). The van der Waals surface area contributed by atoms with Gasteiger partial charge in [-0.3, -0.25) is 4.79 Å². The number of benzene rings is 2. The molecule has 160 valence electrons. The molecule has 6 nitrogen and oxygen atoms in total. The summed E-state index contributed by atoms with van der Waals surface area (Å²) in [5.41, 5.74) is 0.265. The zero-order chi connectivity index (χ0) is 21.5. The standard InChI is InChI=1S/C23H25ClO6/c1-23(2)17-11-16(22(25)26)19(12-28-14-9-7-13(24)8-10-14)29-20(17)15-5-4-6-18(27-3)21(15)30-23/h4-10,16-17,19-20H,11-12H2,1-3H3,(H,25,26)/t16-,17-,19-,20+/m0/s1. The van der Waals surface area contributed by atoms with Crippen LogP contribution in [-0.2, 0) is 9.53 Å². The highest BCUT2D eigenvalue weighted by atomic mass is 35.5. The van der Waals surface area contributed by atoms with Crippen LogP contribution in [0.3, 0.4) is 0 Å². The van der Waals surface area contributed by atoms with Crippen molar-refractivity contribution in [3.63, 3.8) is 0 Å². The van der Waals surface area contributed by atoms with Crippen molar-refractivity contribution in [2.24, 2.45) is 11.8 Å². The molecule has 0 spiro atoms. The minimum absolute atomic E-state index is 0.120. The Bertz CT molecular complexity index is 926. The zero-order valence-electron chi connectivity index (χ0n) is 17.1. The highest BCUT2D eigenvalue weighted by molar-refractivity contribution is 6.30. The molecular formula is C23H25ClO6. The van der Waals surface area contributed by atoms with Gasteiger partial charge in [-0.05, 0) is 50.6 Å². The molecule has 0 bridgehead atoms. The number of carbonyl (C=O) groups is 1. The number of hydrogen-bond donors (Lipinski definition) is 1. The Morgan fingerprint density at radius 1 is 1.23 bits per heavy atom. The summed E-state index contributed by atoms with van der Waals surface area (Å²) in [7, 11) is 1.60. The first-order valence-corrected chi connectivity index (χ1v) is 10.3. The summed E-state index contributed by atoms with van der Waals surface area (Å²) in [6, 6.07) is 12.6. The monoisotopic (exact) mass is 432 g/mol. The largest absolute Gasteiger partial charge is 0.493 e. The molecule has 0 aromatic heterocycles. The number of aliphatic carboxylic acids is 1. The maximum Gasteiger partial charge on any atom is 0.309 e. The van der Waals surface area contributed by atoms with Crippen molar-refractivity contribution in [1.29, 1.82) is 0 Å². The summed E-state index contributed by atoms with van der Waals surface area (Å²) in [6.45, 7) is 4.06. The number of halogens is 1. The molecule has 2 aliphatic heterocycles. The van der Waals surface area contributed by atoms with E-state index < -0.39 is 23.6 Å². The van der Waals surface area contributed by atoms with E-state index in [2.05, 4.69) is 0 Å². The second-order valence-corrected chi connectivity index (χ2v) is 8.67. The molecule has 0 unspecified atom stereocenters. The number of ether oxygens (including phenoxy) is 4. The lowest BCUT2D eigenvalue weighted by molar-refractivity contribution is -0.192. The maximum absolute atomic E-state index is 12.0. The fourth-order valence-electron chi connectivity index (χ4n) is 4.36. The molecule has 1 fully saturated rings. The molecule has 0 amide bonds. The van der Waals surface area contributed by atoms with E-state index in [1.807, 2.05) is 32.0 Å². The molecule has 2 aromatic rings. The van der Waals surface area contributed by atoms with Crippen molar-refractivity contribution in [2.75, 3.05) is 13.7 Å². The van der Waals surface area contributed by atoms with Gasteiger partial charge in [0.05, 0.1) is 19.1 Å². The minimum atomic E-state index is -0.898. The van der Waals surface area contributed by atoms with Crippen LogP contribution in [0.25, 0.3) is 0 Å². The van der Waals surface area contributed by atoms with Crippen LogP contribution in [-0.4, -0.2) is 36.5 Å². The third-order valence-corrected chi connectivity index (χ3v) is 6.23. The summed E-state index contributed by atoms with van der Waals surface area (Å²) >= 11 is 5.92. The predicted molar refractivity (Wildman–Crippen MR) is 111 cm³/mol. The van der Waals surface area contributed by atoms with Crippen molar-refractivity contribution in [3.8, 4) is 17.2 Å². The lowest BCUT2D eigenvalue weighted by atomic mass is 9.72. The van der Waals surface area contributed by atoms with Crippen LogP contribution in [0, 0.1) is 11.8 Å². The lowest BCUT2D eigenvalue weighted by Gasteiger charge is -2.50. The van der Waals surface area contributed by atoms with Gasteiger partial charge in [0.2, 0.25) is 0 Å². The average Bonchev–Trinajstić information content (AvgIpc) is 2.72. The highest BCUT2D eigenvalue weighted by Crippen LogP contribution is 2.54. The Morgan fingerprint density at radius 3 is 2.63 bits per heavy atom. The lowest BCUT2D eigenvalue weighted by Crippen LogP contribution is -2.53. The fourth-order valence-corrected chi connectivity index (χ4v) is 4.48. The third kappa shape index (κ3) is 3.82. The van der Waals surface area contributed by atoms with Gasteiger partial charge >= 0.3 is 5.97 Å². The fraction of sp³-hybridized carbons (Fsp3) is 0.435. The first-order chi connectivity index (χ1) is 14.3. The first-order valence-electron chi connectivity index (χ1n) is 9.92. The molecule has 30 heavy (non-hydrogen) atoms. The predicted octanol–water partition coefficient (Wildman–Crippen LogP) is 4.75. The van der Waals surface area contributed by atoms with Gasteiger partial charge in [-0.15, -0.1) is 0 Å². The average molecular weight is 433 g/mol. The molecular weight excluding hydrogens is 408 g/mol. The molecule has 2 heterocycles. The highest BCUT2D eigenvalue weighted by Gasteiger charge is 2.52. The SMILES string of the molecule is COc1cccc2c1OC(C)(C)[C@H]1C[C@H](C(=O)O)[C@H](COc3ccc(Cl)cc3)O[C@H]21. The summed E-state index contributed by atoms with van der Waals surface area (Å²) in [6.07, 6.45) is -0.487. The van der Waals surface area contributed by atoms with E-state index in [0.29, 0.717) is 28.7 Å².